The van der Waals surface area contributed by atoms with E-state index in [1.165, 1.54) is 0 Å². The van der Waals surface area contributed by atoms with Crippen molar-refractivity contribution < 1.29 is 19.2 Å². The smallest absolute Gasteiger partial charge is 0.264 e. The normalized spacial score (nSPS) is 11.6. The third-order valence-electron chi connectivity index (χ3n) is 2.09. The number of carbonyl (C=O) groups excluding carboxylic acids is 2. The Balaban J connectivity index is 2.68. The van der Waals surface area contributed by atoms with Gasteiger partial charge in [0.05, 0.1) is 0 Å². The molecule has 0 fully saturated rings. The van der Waals surface area contributed by atoms with Gasteiger partial charge in [0.25, 0.3) is 12.5 Å². The molecular formula is C11H12N2O5. The van der Waals surface area contributed by atoms with Crippen molar-refractivity contribution >= 4 is 17.4 Å². The predicted molar refractivity (Wildman–Crippen MR) is 62.7 cm³/mol. The van der Waals surface area contributed by atoms with Crippen LogP contribution in [-0.4, -0.2) is 36.4 Å². The first-order valence-corrected chi connectivity index (χ1v) is 5.08. The number of nitrogens with zero attached hydrogens (tertiary/aromatic N) is 1. The highest BCUT2D eigenvalue weighted by Gasteiger charge is 2.29. The second-order valence-electron chi connectivity index (χ2n) is 3.43. The van der Waals surface area contributed by atoms with Crippen LogP contribution in [0.4, 0.5) is 5.69 Å². The molecule has 96 valence electrons. The van der Waals surface area contributed by atoms with Crippen molar-refractivity contribution in [2.24, 2.45) is 0 Å². The molecule has 1 N–H and O–H groups in total. The first-order chi connectivity index (χ1) is 8.54. The van der Waals surface area contributed by atoms with Gasteiger partial charge in [0.15, 0.2) is 0 Å². The van der Waals surface area contributed by atoms with Crippen LogP contribution in [0, 0.1) is 10.1 Å². The molecule has 7 nitrogen and oxygen atoms in total. The van der Waals surface area contributed by atoms with E-state index in [4.69, 9.17) is 0 Å². The Bertz CT molecular complexity index is 446. The highest BCUT2D eigenvalue weighted by atomic mass is 16.6. The lowest BCUT2D eigenvalue weighted by molar-refractivity contribution is -0.467. The molecule has 1 unspecified atom stereocenters. The van der Waals surface area contributed by atoms with Gasteiger partial charge in [-0.25, -0.2) is 0 Å². The molecule has 0 bridgehead atoms. The van der Waals surface area contributed by atoms with Gasteiger partial charge in [0, 0.05) is 17.7 Å². The van der Waals surface area contributed by atoms with E-state index in [2.05, 4.69) is 10.1 Å². The van der Waals surface area contributed by atoms with E-state index in [1.807, 2.05) is 0 Å². The number of Topliss-reactive ketones (excluding diaryl/α,β-unsaturated/α-hetero) is 1. The molecule has 1 amide bonds. The van der Waals surface area contributed by atoms with Crippen LogP contribution < -0.4 is 5.32 Å². The van der Waals surface area contributed by atoms with Crippen molar-refractivity contribution in [2.75, 3.05) is 19.0 Å². The summed E-state index contributed by atoms with van der Waals surface area (Å²) >= 11 is 0. The van der Waals surface area contributed by atoms with Crippen LogP contribution in [-0.2, 0) is 14.3 Å². The Morgan fingerprint density at radius 1 is 1.39 bits per heavy atom. The van der Waals surface area contributed by atoms with Crippen LogP contribution >= 0.6 is 0 Å². The first-order valence-electron chi connectivity index (χ1n) is 5.08. The Labute approximate surface area is 103 Å². The van der Waals surface area contributed by atoms with Gasteiger partial charge in [0.2, 0.25) is 11.9 Å². The number of nitro groups is 1. The van der Waals surface area contributed by atoms with E-state index in [0.717, 1.165) is 7.11 Å². The molecule has 0 aliphatic carbocycles. The van der Waals surface area contributed by atoms with E-state index >= 15 is 0 Å². The lowest BCUT2D eigenvalue weighted by Gasteiger charge is -2.12. The molecule has 1 aromatic rings. The number of anilines is 1. The summed E-state index contributed by atoms with van der Waals surface area (Å²) in [5.74, 6) is -1.62. The molecule has 7 heteroatoms. The molecule has 1 aromatic carbocycles. The monoisotopic (exact) mass is 252 g/mol. The van der Waals surface area contributed by atoms with Gasteiger partial charge in [-0.3, -0.25) is 19.7 Å². The number of benzene rings is 1. The minimum Gasteiger partial charge on any atom is -0.364 e. The van der Waals surface area contributed by atoms with Crippen LogP contribution in [0.25, 0.3) is 0 Å². The molecule has 0 aliphatic rings. The molecule has 0 radical (unpaired) electrons. The van der Waals surface area contributed by atoms with Crippen molar-refractivity contribution in [3.8, 4) is 0 Å². The molecule has 1 atom stereocenters. The van der Waals surface area contributed by atoms with E-state index in [9.17, 15) is 19.7 Å². The molecule has 0 heterocycles. The number of methoxy groups -OCH3 is 1. The van der Waals surface area contributed by atoms with Gasteiger partial charge in [0.1, 0.15) is 0 Å². The van der Waals surface area contributed by atoms with Crippen LogP contribution in [0.5, 0.6) is 0 Å². The van der Waals surface area contributed by atoms with Crippen LogP contribution in [0.3, 0.4) is 0 Å². The number of carbonyl (C=O) groups is 2. The second-order valence-corrected chi connectivity index (χ2v) is 3.43. The fourth-order valence-electron chi connectivity index (χ4n) is 1.32. The summed E-state index contributed by atoms with van der Waals surface area (Å²) in [6, 6.07) is 8.43. The van der Waals surface area contributed by atoms with Crippen molar-refractivity contribution in [3.05, 3.63) is 40.4 Å². The number of amides is 1. The maximum absolute atomic E-state index is 11.7. The molecular weight excluding hydrogens is 240 g/mol. The third kappa shape index (κ3) is 3.95. The summed E-state index contributed by atoms with van der Waals surface area (Å²) in [5, 5.41) is 12.6. The second kappa shape index (κ2) is 6.45. The van der Waals surface area contributed by atoms with Crippen LogP contribution in [0.1, 0.15) is 0 Å². The summed E-state index contributed by atoms with van der Waals surface area (Å²) in [4.78, 5) is 32.5. The van der Waals surface area contributed by atoms with Crippen molar-refractivity contribution in [1.29, 1.82) is 0 Å². The summed E-state index contributed by atoms with van der Waals surface area (Å²) in [5.41, 5.74) is 0.485. The third-order valence-corrected chi connectivity index (χ3v) is 2.09. The van der Waals surface area contributed by atoms with Gasteiger partial charge in [-0.05, 0) is 12.1 Å². The zero-order valence-corrected chi connectivity index (χ0v) is 9.66. The quantitative estimate of drug-likeness (QED) is 0.451. The van der Waals surface area contributed by atoms with E-state index < -0.39 is 29.3 Å². The summed E-state index contributed by atoms with van der Waals surface area (Å²) in [6.07, 6.45) is -1.48. The Morgan fingerprint density at radius 3 is 2.50 bits per heavy atom. The fraction of sp³-hybridized carbons (Fsp3) is 0.273. The summed E-state index contributed by atoms with van der Waals surface area (Å²) in [7, 11) is 1.15. The molecule has 0 saturated carbocycles. The average Bonchev–Trinajstić information content (AvgIpc) is 2.30. The number of ether oxygens (including phenoxy) is 1. The zero-order valence-electron chi connectivity index (χ0n) is 9.66. The SMILES string of the molecule is COC(C(=O)C[N+](=O)[O-])C(=O)Nc1ccccc1. The zero-order chi connectivity index (χ0) is 13.5. The van der Waals surface area contributed by atoms with Gasteiger partial charge in [-0.15, -0.1) is 0 Å². The highest BCUT2D eigenvalue weighted by Crippen LogP contribution is 2.07. The lowest BCUT2D eigenvalue weighted by Crippen LogP contribution is -2.39. The molecule has 0 aliphatic heterocycles. The lowest BCUT2D eigenvalue weighted by atomic mass is 10.2. The first kappa shape index (κ1) is 13.8. The van der Waals surface area contributed by atoms with Crippen molar-refractivity contribution in [3.63, 3.8) is 0 Å². The maximum atomic E-state index is 11.7. The highest BCUT2D eigenvalue weighted by molar-refractivity contribution is 6.10. The number of ketones is 1. The van der Waals surface area contributed by atoms with Gasteiger partial charge in [-0.1, -0.05) is 18.2 Å². The largest absolute Gasteiger partial charge is 0.364 e. The Kier molecular flexibility index (Phi) is 4.94. The fourth-order valence-corrected chi connectivity index (χ4v) is 1.32. The average molecular weight is 252 g/mol. The molecule has 1 rings (SSSR count). The predicted octanol–water partition coefficient (Wildman–Crippen LogP) is 0.486. The summed E-state index contributed by atoms with van der Waals surface area (Å²) < 4.78 is 4.68. The van der Waals surface area contributed by atoms with E-state index in [1.54, 1.807) is 30.3 Å². The van der Waals surface area contributed by atoms with Gasteiger partial charge in [-0.2, -0.15) is 0 Å². The van der Waals surface area contributed by atoms with Gasteiger partial charge < -0.3 is 10.1 Å². The van der Waals surface area contributed by atoms with Crippen LogP contribution in [0.2, 0.25) is 0 Å². The molecule has 0 spiro atoms. The number of nitrogens with one attached hydrogen (secondary N) is 1. The molecule has 0 aromatic heterocycles. The Hall–Kier alpha value is -2.28. The van der Waals surface area contributed by atoms with E-state index in [-0.39, 0.29) is 0 Å². The van der Waals surface area contributed by atoms with Crippen LogP contribution in [0.15, 0.2) is 30.3 Å². The standard InChI is InChI=1S/C11H12N2O5/c1-18-10(9(14)7-13(16)17)11(15)12-8-5-3-2-4-6-8/h2-6,10H,7H2,1H3,(H,12,15). The molecule has 0 saturated heterocycles. The minimum absolute atomic E-state index is 0.485. The number of hydrogen-bond acceptors (Lipinski definition) is 5. The van der Waals surface area contributed by atoms with Crippen molar-refractivity contribution in [2.45, 2.75) is 6.10 Å². The maximum Gasteiger partial charge on any atom is 0.264 e. The number of hydrogen-bond donors (Lipinski definition) is 1. The molecule has 18 heavy (non-hydrogen) atoms. The van der Waals surface area contributed by atoms with Gasteiger partial charge >= 0.3 is 0 Å². The number of rotatable bonds is 6. The van der Waals surface area contributed by atoms with Crippen molar-refractivity contribution in [1.82, 2.24) is 0 Å². The Morgan fingerprint density at radius 2 is 2.00 bits per heavy atom. The topological polar surface area (TPSA) is 98.5 Å². The minimum atomic E-state index is -1.48. The number of para-hydroxylation sites is 1. The van der Waals surface area contributed by atoms with E-state index in [0.29, 0.717) is 5.69 Å². The summed E-state index contributed by atoms with van der Waals surface area (Å²) in [6.45, 7) is -0.944.